The first kappa shape index (κ1) is 20.7. The van der Waals surface area contributed by atoms with Gasteiger partial charge in [0.05, 0.1) is 12.9 Å². The lowest BCUT2D eigenvalue weighted by molar-refractivity contribution is -0.145. The first-order valence-electron chi connectivity index (χ1n) is 10.4. The van der Waals surface area contributed by atoms with E-state index in [-0.39, 0.29) is 23.6 Å². The predicted molar refractivity (Wildman–Crippen MR) is 114 cm³/mol. The van der Waals surface area contributed by atoms with Gasteiger partial charge in [0.25, 0.3) is 0 Å². The molecular formula is C21H27N5O3S. The fourth-order valence-electron chi connectivity index (χ4n) is 4.09. The summed E-state index contributed by atoms with van der Waals surface area (Å²) in [5.41, 5.74) is 0.899. The first-order chi connectivity index (χ1) is 14.7. The molecule has 2 aromatic rings. The summed E-state index contributed by atoms with van der Waals surface area (Å²) in [6.45, 7) is 2.28. The summed E-state index contributed by atoms with van der Waals surface area (Å²) >= 11 is 1.35. The molecular weight excluding hydrogens is 402 g/mol. The first-order valence-corrected chi connectivity index (χ1v) is 11.4. The molecule has 1 aromatic carbocycles. The number of rotatable bonds is 6. The van der Waals surface area contributed by atoms with Crippen LogP contribution in [0, 0.1) is 0 Å². The molecule has 0 aliphatic carbocycles. The third-order valence-corrected chi connectivity index (χ3v) is 6.65. The van der Waals surface area contributed by atoms with Gasteiger partial charge in [-0.05, 0) is 56.4 Å². The molecule has 2 amide bonds. The molecule has 30 heavy (non-hydrogen) atoms. The fourth-order valence-corrected chi connectivity index (χ4v) is 4.90. The highest BCUT2D eigenvalue weighted by molar-refractivity contribution is 7.99. The molecule has 0 N–H and O–H groups in total. The van der Waals surface area contributed by atoms with Crippen molar-refractivity contribution < 1.29 is 14.3 Å². The molecule has 9 heteroatoms. The normalized spacial score (nSPS) is 19.2. The predicted octanol–water partition coefficient (Wildman–Crippen LogP) is 2.37. The molecule has 1 aromatic heterocycles. The van der Waals surface area contributed by atoms with E-state index in [0.717, 1.165) is 56.6 Å². The van der Waals surface area contributed by atoms with Gasteiger partial charge in [0, 0.05) is 25.3 Å². The van der Waals surface area contributed by atoms with Crippen molar-refractivity contribution in [2.24, 2.45) is 0 Å². The molecule has 2 saturated heterocycles. The summed E-state index contributed by atoms with van der Waals surface area (Å²) in [5.74, 6) is 1.11. The monoisotopic (exact) mass is 429 g/mol. The number of hydrogen-bond donors (Lipinski definition) is 0. The van der Waals surface area contributed by atoms with Crippen LogP contribution in [0.15, 0.2) is 35.7 Å². The topological polar surface area (TPSA) is 80.6 Å². The summed E-state index contributed by atoms with van der Waals surface area (Å²) in [5, 5.41) is 8.82. The van der Waals surface area contributed by atoms with Crippen LogP contribution < -0.4 is 4.74 Å². The number of amides is 2. The largest absolute Gasteiger partial charge is 0.497 e. The molecule has 0 bridgehead atoms. The molecule has 8 nitrogen and oxygen atoms in total. The van der Waals surface area contributed by atoms with Gasteiger partial charge in [-0.25, -0.2) is 0 Å². The number of hydrogen-bond acceptors (Lipinski definition) is 6. The summed E-state index contributed by atoms with van der Waals surface area (Å²) in [6.07, 6.45) is 6.45. The molecule has 4 rings (SSSR count). The third-order valence-electron chi connectivity index (χ3n) is 5.72. The number of likely N-dealkylation sites (tertiary alicyclic amines) is 2. The number of carbonyl (C=O) groups is 2. The molecule has 0 radical (unpaired) electrons. The average molecular weight is 430 g/mol. The van der Waals surface area contributed by atoms with E-state index in [1.165, 1.54) is 11.8 Å². The molecule has 2 aliphatic heterocycles. The van der Waals surface area contributed by atoms with Crippen molar-refractivity contribution in [3.63, 3.8) is 0 Å². The third kappa shape index (κ3) is 4.45. The van der Waals surface area contributed by atoms with Crippen LogP contribution in [0.5, 0.6) is 5.75 Å². The van der Waals surface area contributed by atoms with E-state index in [0.29, 0.717) is 11.7 Å². The van der Waals surface area contributed by atoms with E-state index >= 15 is 0 Å². The van der Waals surface area contributed by atoms with Crippen LogP contribution >= 0.6 is 11.8 Å². The average Bonchev–Trinajstić information content (AvgIpc) is 3.49. The minimum absolute atomic E-state index is 0.0125. The van der Waals surface area contributed by atoms with Gasteiger partial charge in [0.1, 0.15) is 18.1 Å². The van der Waals surface area contributed by atoms with Crippen molar-refractivity contribution in [2.45, 2.75) is 43.3 Å². The van der Waals surface area contributed by atoms with Gasteiger partial charge in [0.15, 0.2) is 5.16 Å². The number of nitrogens with zero attached hydrogens (tertiary/aromatic N) is 5. The standard InChI is InChI=1S/C21H27N5O3S/c1-29-17-9-7-16(8-10-17)26-15-22-23-21(26)30-14-19(27)25-13-3-2-6-18(25)20(28)24-11-4-5-12-24/h7-10,15,18H,2-6,11-14H2,1H3/t18-/m1/s1. The second kappa shape index (κ2) is 9.51. The van der Waals surface area contributed by atoms with Crippen LogP contribution in [-0.2, 0) is 9.59 Å². The summed E-state index contributed by atoms with van der Waals surface area (Å²) in [4.78, 5) is 29.6. The Morgan fingerprint density at radius 2 is 1.83 bits per heavy atom. The molecule has 0 unspecified atom stereocenters. The molecule has 0 saturated carbocycles. The van der Waals surface area contributed by atoms with Gasteiger partial charge < -0.3 is 14.5 Å². The van der Waals surface area contributed by atoms with Gasteiger partial charge in [-0.3, -0.25) is 14.2 Å². The highest BCUT2D eigenvalue weighted by Crippen LogP contribution is 2.25. The second-order valence-corrected chi connectivity index (χ2v) is 8.54. The van der Waals surface area contributed by atoms with Crippen LogP contribution in [0.2, 0.25) is 0 Å². The highest BCUT2D eigenvalue weighted by Gasteiger charge is 2.35. The van der Waals surface area contributed by atoms with Gasteiger partial charge in [-0.15, -0.1) is 10.2 Å². The maximum atomic E-state index is 13.0. The van der Waals surface area contributed by atoms with Crippen molar-refractivity contribution in [2.75, 3.05) is 32.5 Å². The maximum Gasteiger partial charge on any atom is 0.245 e. The molecule has 2 aliphatic rings. The minimum Gasteiger partial charge on any atom is -0.497 e. The van der Waals surface area contributed by atoms with Gasteiger partial charge in [-0.1, -0.05) is 11.8 Å². The van der Waals surface area contributed by atoms with Crippen LogP contribution in [0.4, 0.5) is 0 Å². The SMILES string of the molecule is COc1ccc(-n2cnnc2SCC(=O)N2CCCC[C@@H]2C(=O)N2CCCC2)cc1. The lowest BCUT2D eigenvalue weighted by atomic mass is 10.0. The Balaban J connectivity index is 1.41. The van der Waals surface area contributed by atoms with Gasteiger partial charge in [-0.2, -0.15) is 0 Å². The molecule has 3 heterocycles. The van der Waals surface area contributed by atoms with E-state index in [9.17, 15) is 9.59 Å². The van der Waals surface area contributed by atoms with Crippen molar-refractivity contribution in [3.8, 4) is 11.4 Å². The zero-order chi connectivity index (χ0) is 20.9. The van der Waals surface area contributed by atoms with Gasteiger partial charge >= 0.3 is 0 Å². The number of ether oxygens (including phenoxy) is 1. The number of aromatic nitrogens is 3. The Morgan fingerprint density at radius 1 is 1.10 bits per heavy atom. The van der Waals surface area contributed by atoms with Crippen LogP contribution in [0.3, 0.4) is 0 Å². The smallest absolute Gasteiger partial charge is 0.245 e. The Morgan fingerprint density at radius 3 is 2.57 bits per heavy atom. The number of benzene rings is 1. The Bertz CT molecular complexity index is 879. The van der Waals surface area contributed by atoms with Crippen molar-refractivity contribution in [1.82, 2.24) is 24.6 Å². The zero-order valence-electron chi connectivity index (χ0n) is 17.2. The van der Waals surface area contributed by atoms with Crippen molar-refractivity contribution in [1.29, 1.82) is 0 Å². The van der Waals surface area contributed by atoms with E-state index in [1.54, 1.807) is 18.3 Å². The molecule has 0 spiro atoms. The molecule has 1 atom stereocenters. The minimum atomic E-state index is -0.315. The number of methoxy groups -OCH3 is 1. The summed E-state index contributed by atoms with van der Waals surface area (Å²) in [6, 6.07) is 7.27. The Labute approximate surface area is 180 Å². The molecule has 160 valence electrons. The maximum absolute atomic E-state index is 13.0. The van der Waals surface area contributed by atoms with E-state index < -0.39 is 0 Å². The Hall–Kier alpha value is -2.55. The van der Waals surface area contributed by atoms with Crippen molar-refractivity contribution >= 4 is 23.6 Å². The number of carbonyl (C=O) groups excluding carboxylic acids is 2. The summed E-state index contributed by atoms with van der Waals surface area (Å²) in [7, 11) is 1.63. The quantitative estimate of drug-likeness (QED) is 0.656. The molecule has 2 fully saturated rings. The van der Waals surface area contributed by atoms with Crippen LogP contribution in [0.1, 0.15) is 32.1 Å². The summed E-state index contributed by atoms with van der Waals surface area (Å²) < 4.78 is 7.05. The fraction of sp³-hybridized carbons (Fsp3) is 0.524. The second-order valence-electron chi connectivity index (χ2n) is 7.60. The van der Waals surface area contributed by atoms with E-state index in [4.69, 9.17) is 4.74 Å². The van der Waals surface area contributed by atoms with E-state index in [1.807, 2.05) is 33.7 Å². The van der Waals surface area contributed by atoms with Gasteiger partial charge in [0.2, 0.25) is 11.8 Å². The highest BCUT2D eigenvalue weighted by atomic mass is 32.2. The Kier molecular flexibility index (Phi) is 6.56. The number of piperidine rings is 1. The van der Waals surface area contributed by atoms with Crippen LogP contribution in [0.25, 0.3) is 5.69 Å². The van der Waals surface area contributed by atoms with Crippen LogP contribution in [-0.4, -0.2) is 74.9 Å². The van der Waals surface area contributed by atoms with E-state index in [2.05, 4.69) is 10.2 Å². The number of thioether (sulfide) groups is 1. The lowest BCUT2D eigenvalue weighted by Gasteiger charge is -2.36. The lowest BCUT2D eigenvalue weighted by Crippen LogP contribution is -2.53. The van der Waals surface area contributed by atoms with Crippen molar-refractivity contribution in [3.05, 3.63) is 30.6 Å². The zero-order valence-corrected chi connectivity index (χ0v) is 18.0.